The largest absolute Gasteiger partial charge is 0.494 e. The van der Waals surface area contributed by atoms with E-state index in [2.05, 4.69) is 25.8 Å². The molecule has 3 rings (SSSR count). The summed E-state index contributed by atoms with van der Waals surface area (Å²) in [5, 5.41) is 15.1. The van der Waals surface area contributed by atoms with E-state index in [1.165, 1.54) is 6.20 Å². The van der Waals surface area contributed by atoms with Gasteiger partial charge in [-0.2, -0.15) is 10.1 Å². The molecule has 0 aliphatic carbocycles. The SMILES string of the molecule is CCOc1ccc(Nc2cnnc(Nc3cc(Cl)ccc3Cl)n2)cc1. The maximum Gasteiger partial charge on any atom is 0.249 e. The van der Waals surface area contributed by atoms with Crippen LogP contribution < -0.4 is 15.4 Å². The zero-order chi connectivity index (χ0) is 17.6. The van der Waals surface area contributed by atoms with Gasteiger partial charge >= 0.3 is 0 Å². The van der Waals surface area contributed by atoms with Crippen molar-refractivity contribution in [2.45, 2.75) is 6.92 Å². The van der Waals surface area contributed by atoms with Gasteiger partial charge in [0, 0.05) is 10.7 Å². The Morgan fingerprint density at radius 2 is 1.84 bits per heavy atom. The third-order valence-electron chi connectivity index (χ3n) is 3.17. The zero-order valence-corrected chi connectivity index (χ0v) is 14.8. The van der Waals surface area contributed by atoms with Crippen LogP contribution in [0.5, 0.6) is 5.75 Å². The summed E-state index contributed by atoms with van der Waals surface area (Å²) in [4.78, 5) is 4.36. The van der Waals surface area contributed by atoms with Crippen molar-refractivity contribution in [3.63, 3.8) is 0 Å². The molecule has 128 valence electrons. The standard InChI is InChI=1S/C17H15Cl2N5O/c1-2-25-13-6-4-12(5-7-13)21-16-10-20-24-17(23-16)22-15-9-11(18)3-8-14(15)19/h3-10H,2H2,1H3,(H2,21,22,23,24). The third kappa shape index (κ3) is 4.71. The number of anilines is 4. The van der Waals surface area contributed by atoms with Gasteiger partial charge in [-0.25, -0.2) is 0 Å². The summed E-state index contributed by atoms with van der Waals surface area (Å²) in [5.41, 5.74) is 1.46. The van der Waals surface area contributed by atoms with E-state index in [0.717, 1.165) is 11.4 Å². The van der Waals surface area contributed by atoms with Gasteiger partial charge in [0.25, 0.3) is 0 Å². The summed E-state index contributed by atoms with van der Waals surface area (Å²) < 4.78 is 5.42. The molecule has 0 atom stereocenters. The van der Waals surface area contributed by atoms with Crippen LogP contribution in [-0.4, -0.2) is 21.8 Å². The summed E-state index contributed by atoms with van der Waals surface area (Å²) in [6.45, 7) is 2.57. The molecule has 2 aromatic carbocycles. The molecule has 0 aliphatic heterocycles. The number of benzene rings is 2. The molecule has 0 spiro atoms. The fraction of sp³-hybridized carbons (Fsp3) is 0.118. The Morgan fingerprint density at radius 3 is 2.60 bits per heavy atom. The van der Waals surface area contributed by atoms with Crippen molar-refractivity contribution in [2.24, 2.45) is 0 Å². The Balaban J connectivity index is 1.74. The van der Waals surface area contributed by atoms with Crippen LogP contribution in [0.25, 0.3) is 0 Å². The Hall–Kier alpha value is -2.57. The molecule has 2 N–H and O–H groups in total. The Morgan fingerprint density at radius 1 is 1.04 bits per heavy atom. The number of nitrogens with zero attached hydrogens (tertiary/aromatic N) is 3. The first-order valence-electron chi connectivity index (χ1n) is 7.55. The van der Waals surface area contributed by atoms with Gasteiger partial charge in [-0.05, 0) is 49.4 Å². The van der Waals surface area contributed by atoms with Crippen molar-refractivity contribution in [3.05, 3.63) is 58.7 Å². The summed E-state index contributed by atoms with van der Waals surface area (Å²) in [6.07, 6.45) is 1.53. The number of aromatic nitrogens is 3. The summed E-state index contributed by atoms with van der Waals surface area (Å²) in [6, 6.07) is 12.7. The van der Waals surface area contributed by atoms with Crippen molar-refractivity contribution in [2.75, 3.05) is 17.2 Å². The second-order valence-electron chi connectivity index (χ2n) is 5.00. The normalized spacial score (nSPS) is 10.4. The molecule has 0 fully saturated rings. The van der Waals surface area contributed by atoms with Crippen molar-refractivity contribution in [3.8, 4) is 5.75 Å². The summed E-state index contributed by atoms with van der Waals surface area (Å²) >= 11 is 12.1. The number of ether oxygens (including phenoxy) is 1. The van der Waals surface area contributed by atoms with Crippen LogP contribution in [0.15, 0.2) is 48.7 Å². The molecule has 0 unspecified atom stereocenters. The van der Waals surface area contributed by atoms with Crippen LogP contribution in [0.1, 0.15) is 6.92 Å². The number of hydrogen-bond acceptors (Lipinski definition) is 6. The molecule has 6 nitrogen and oxygen atoms in total. The van der Waals surface area contributed by atoms with E-state index in [9.17, 15) is 0 Å². The Bertz CT molecular complexity index is 858. The lowest BCUT2D eigenvalue weighted by molar-refractivity contribution is 0.340. The molecule has 0 aliphatic rings. The minimum atomic E-state index is 0.306. The summed E-state index contributed by atoms with van der Waals surface area (Å²) in [7, 11) is 0. The smallest absolute Gasteiger partial charge is 0.249 e. The predicted octanol–water partition coefficient (Wildman–Crippen LogP) is 5.06. The molecule has 0 amide bonds. The average Bonchev–Trinajstić information content (AvgIpc) is 2.60. The monoisotopic (exact) mass is 375 g/mol. The van der Waals surface area contributed by atoms with Gasteiger partial charge in [0.1, 0.15) is 5.75 Å². The molecule has 1 heterocycles. The molecule has 1 aromatic heterocycles. The topological polar surface area (TPSA) is 72.0 Å². The van der Waals surface area contributed by atoms with Gasteiger partial charge in [0.15, 0.2) is 5.82 Å². The second kappa shape index (κ2) is 8.00. The van der Waals surface area contributed by atoms with Gasteiger partial charge < -0.3 is 15.4 Å². The highest BCUT2D eigenvalue weighted by Crippen LogP contribution is 2.27. The van der Waals surface area contributed by atoms with E-state index >= 15 is 0 Å². The third-order valence-corrected chi connectivity index (χ3v) is 3.74. The highest BCUT2D eigenvalue weighted by atomic mass is 35.5. The van der Waals surface area contributed by atoms with Crippen LogP contribution in [0.3, 0.4) is 0 Å². The molecule has 0 saturated carbocycles. The van der Waals surface area contributed by atoms with E-state index in [1.54, 1.807) is 18.2 Å². The number of hydrogen-bond donors (Lipinski definition) is 2. The van der Waals surface area contributed by atoms with E-state index in [4.69, 9.17) is 27.9 Å². The van der Waals surface area contributed by atoms with Crippen LogP contribution in [0, 0.1) is 0 Å². The lowest BCUT2D eigenvalue weighted by Gasteiger charge is -2.09. The van der Waals surface area contributed by atoms with Crippen LogP contribution in [0.2, 0.25) is 10.0 Å². The molecule has 0 saturated heterocycles. The lowest BCUT2D eigenvalue weighted by Crippen LogP contribution is -2.02. The highest BCUT2D eigenvalue weighted by Gasteiger charge is 2.06. The number of rotatable bonds is 6. The van der Waals surface area contributed by atoms with Gasteiger partial charge in [-0.3, -0.25) is 0 Å². The number of nitrogens with one attached hydrogen (secondary N) is 2. The first kappa shape index (κ1) is 17.3. The molecular weight excluding hydrogens is 361 g/mol. The second-order valence-corrected chi connectivity index (χ2v) is 5.84. The minimum absolute atomic E-state index is 0.306. The first-order chi connectivity index (χ1) is 12.1. The van der Waals surface area contributed by atoms with Crippen molar-refractivity contribution >= 4 is 46.3 Å². The van der Waals surface area contributed by atoms with Gasteiger partial charge in [-0.1, -0.05) is 23.2 Å². The number of halogens is 2. The molecule has 0 bridgehead atoms. The quantitative estimate of drug-likeness (QED) is 0.626. The van der Waals surface area contributed by atoms with E-state index in [0.29, 0.717) is 34.1 Å². The Labute approximate surface area is 155 Å². The van der Waals surface area contributed by atoms with Gasteiger partial charge in [-0.15, -0.1) is 5.10 Å². The van der Waals surface area contributed by atoms with E-state index in [1.807, 2.05) is 31.2 Å². The summed E-state index contributed by atoms with van der Waals surface area (Å²) in [5.74, 6) is 1.66. The van der Waals surface area contributed by atoms with Crippen LogP contribution in [-0.2, 0) is 0 Å². The van der Waals surface area contributed by atoms with Crippen LogP contribution >= 0.6 is 23.2 Å². The van der Waals surface area contributed by atoms with Crippen LogP contribution in [0.4, 0.5) is 23.1 Å². The fourth-order valence-electron chi connectivity index (χ4n) is 2.08. The van der Waals surface area contributed by atoms with Gasteiger partial charge in [0.2, 0.25) is 5.95 Å². The van der Waals surface area contributed by atoms with Gasteiger partial charge in [0.05, 0.1) is 23.5 Å². The predicted molar refractivity (Wildman–Crippen MR) is 100 cm³/mol. The maximum absolute atomic E-state index is 6.13. The minimum Gasteiger partial charge on any atom is -0.494 e. The van der Waals surface area contributed by atoms with E-state index in [-0.39, 0.29) is 0 Å². The van der Waals surface area contributed by atoms with Crippen molar-refractivity contribution < 1.29 is 4.74 Å². The molecule has 3 aromatic rings. The van der Waals surface area contributed by atoms with Crippen molar-refractivity contribution in [1.29, 1.82) is 0 Å². The molecule has 8 heteroatoms. The molecular formula is C17H15Cl2N5O. The van der Waals surface area contributed by atoms with Crippen molar-refractivity contribution in [1.82, 2.24) is 15.2 Å². The Kier molecular flexibility index (Phi) is 5.53. The molecule has 0 radical (unpaired) electrons. The lowest BCUT2D eigenvalue weighted by atomic mass is 10.3. The first-order valence-corrected chi connectivity index (χ1v) is 8.31. The highest BCUT2D eigenvalue weighted by molar-refractivity contribution is 6.35. The molecule has 25 heavy (non-hydrogen) atoms. The maximum atomic E-state index is 6.13. The zero-order valence-electron chi connectivity index (χ0n) is 13.3. The fourth-order valence-corrected chi connectivity index (χ4v) is 2.42. The van der Waals surface area contributed by atoms with E-state index < -0.39 is 0 Å². The average molecular weight is 376 g/mol.